The van der Waals surface area contributed by atoms with Crippen molar-refractivity contribution in [3.05, 3.63) is 11.8 Å². The number of aromatic amines is 1. The second kappa shape index (κ2) is 5.60. The summed E-state index contributed by atoms with van der Waals surface area (Å²) in [6, 6.07) is 0. The van der Waals surface area contributed by atoms with Crippen LogP contribution in [0, 0.1) is 11.8 Å². The first-order valence-corrected chi connectivity index (χ1v) is 8.10. The van der Waals surface area contributed by atoms with Crippen LogP contribution in [0.4, 0.5) is 0 Å². The van der Waals surface area contributed by atoms with Crippen molar-refractivity contribution in [1.82, 2.24) is 19.8 Å². The van der Waals surface area contributed by atoms with Gasteiger partial charge < -0.3 is 5.32 Å². The van der Waals surface area contributed by atoms with Crippen LogP contribution >= 0.6 is 0 Å². The Morgan fingerprint density at radius 3 is 2.84 bits per heavy atom. The van der Waals surface area contributed by atoms with Gasteiger partial charge in [-0.2, -0.15) is 9.40 Å². The zero-order valence-corrected chi connectivity index (χ0v) is 12.5. The van der Waals surface area contributed by atoms with Crippen LogP contribution in [0.25, 0.3) is 0 Å². The lowest BCUT2D eigenvalue weighted by Gasteiger charge is -2.16. The van der Waals surface area contributed by atoms with E-state index in [0.29, 0.717) is 30.5 Å². The van der Waals surface area contributed by atoms with E-state index < -0.39 is 10.0 Å². The third kappa shape index (κ3) is 3.16. The van der Waals surface area contributed by atoms with Crippen molar-refractivity contribution in [1.29, 1.82) is 0 Å². The molecule has 1 aliphatic rings. The van der Waals surface area contributed by atoms with Crippen LogP contribution in [0.5, 0.6) is 0 Å². The second-order valence-electron chi connectivity index (χ2n) is 5.26. The van der Waals surface area contributed by atoms with E-state index >= 15 is 0 Å². The van der Waals surface area contributed by atoms with Gasteiger partial charge in [-0.15, -0.1) is 0 Å². The number of hydrogen-bond donors (Lipinski definition) is 2. The van der Waals surface area contributed by atoms with Gasteiger partial charge in [-0.25, -0.2) is 8.42 Å². The minimum Gasteiger partial charge on any atom is -0.313 e. The average molecular weight is 286 g/mol. The Labute approximate surface area is 114 Å². The summed E-state index contributed by atoms with van der Waals surface area (Å²) in [5.74, 6) is 1.14. The highest BCUT2D eigenvalue weighted by atomic mass is 32.2. The molecule has 0 saturated heterocycles. The van der Waals surface area contributed by atoms with Crippen molar-refractivity contribution < 1.29 is 8.42 Å². The van der Waals surface area contributed by atoms with Crippen LogP contribution in [-0.4, -0.2) is 43.1 Å². The summed E-state index contributed by atoms with van der Waals surface area (Å²) < 4.78 is 26.4. The smallest absolute Gasteiger partial charge is 0.260 e. The molecule has 7 heteroatoms. The number of aromatic nitrogens is 2. The van der Waals surface area contributed by atoms with E-state index in [1.54, 1.807) is 13.2 Å². The molecule has 0 aliphatic heterocycles. The van der Waals surface area contributed by atoms with E-state index in [9.17, 15) is 8.42 Å². The molecule has 0 bridgehead atoms. The summed E-state index contributed by atoms with van der Waals surface area (Å²) in [4.78, 5) is 0. The molecule has 1 fully saturated rings. The summed E-state index contributed by atoms with van der Waals surface area (Å²) in [5.41, 5.74) is 0.692. The SMILES string of the molecule is CCNCc1cn[nH]c1S(=O)(=O)N(C)CC1CC1C. The number of sulfonamides is 1. The first kappa shape index (κ1) is 14.5. The van der Waals surface area contributed by atoms with E-state index in [0.717, 1.165) is 13.0 Å². The Balaban J connectivity index is 2.11. The average Bonchev–Trinajstić information content (AvgIpc) is 2.88. The summed E-state index contributed by atoms with van der Waals surface area (Å²) >= 11 is 0. The van der Waals surface area contributed by atoms with Crippen molar-refractivity contribution in [3.63, 3.8) is 0 Å². The fourth-order valence-electron chi connectivity index (χ4n) is 2.15. The topological polar surface area (TPSA) is 78.1 Å². The molecule has 1 saturated carbocycles. The highest BCUT2D eigenvalue weighted by Gasteiger charge is 2.37. The van der Waals surface area contributed by atoms with E-state index in [4.69, 9.17) is 0 Å². The molecule has 2 N–H and O–H groups in total. The van der Waals surface area contributed by atoms with Gasteiger partial charge in [0.25, 0.3) is 10.0 Å². The fraction of sp³-hybridized carbons (Fsp3) is 0.750. The van der Waals surface area contributed by atoms with Gasteiger partial charge in [-0.1, -0.05) is 13.8 Å². The molecule has 1 aromatic heterocycles. The Morgan fingerprint density at radius 1 is 1.58 bits per heavy atom. The zero-order valence-electron chi connectivity index (χ0n) is 11.7. The van der Waals surface area contributed by atoms with Crippen LogP contribution in [0.1, 0.15) is 25.8 Å². The zero-order chi connectivity index (χ0) is 14.0. The van der Waals surface area contributed by atoms with Crippen molar-refractivity contribution in [3.8, 4) is 0 Å². The predicted octanol–water partition coefficient (Wildman–Crippen LogP) is 0.796. The third-order valence-corrected chi connectivity index (χ3v) is 5.52. The molecule has 19 heavy (non-hydrogen) atoms. The van der Waals surface area contributed by atoms with Crippen molar-refractivity contribution in [2.45, 2.75) is 31.8 Å². The standard InChI is InChI=1S/C12H22N4O2S/c1-4-13-6-11-7-14-15-12(11)19(17,18)16(3)8-10-5-9(10)2/h7,9-10,13H,4-6,8H2,1-3H3,(H,14,15). The Bertz CT molecular complexity index is 526. The van der Waals surface area contributed by atoms with Crippen molar-refractivity contribution >= 4 is 10.0 Å². The van der Waals surface area contributed by atoms with Crippen molar-refractivity contribution in [2.24, 2.45) is 11.8 Å². The summed E-state index contributed by atoms with van der Waals surface area (Å²) in [6.45, 7) is 6.02. The van der Waals surface area contributed by atoms with Gasteiger partial charge in [0.05, 0.1) is 6.20 Å². The van der Waals surface area contributed by atoms with Gasteiger partial charge in [0.1, 0.15) is 0 Å². The lowest BCUT2D eigenvalue weighted by molar-refractivity contribution is 0.441. The number of nitrogens with one attached hydrogen (secondary N) is 2. The van der Waals surface area contributed by atoms with Crippen LogP contribution in [0.3, 0.4) is 0 Å². The largest absolute Gasteiger partial charge is 0.313 e. The molecular weight excluding hydrogens is 264 g/mol. The molecule has 1 heterocycles. The number of hydrogen-bond acceptors (Lipinski definition) is 4. The summed E-state index contributed by atoms with van der Waals surface area (Å²) in [6.07, 6.45) is 2.69. The molecule has 0 spiro atoms. The second-order valence-corrected chi connectivity index (χ2v) is 7.25. The van der Waals surface area contributed by atoms with Crippen LogP contribution < -0.4 is 5.32 Å². The van der Waals surface area contributed by atoms with E-state index in [1.807, 2.05) is 6.92 Å². The number of H-pyrrole nitrogens is 1. The predicted molar refractivity (Wildman–Crippen MR) is 73.1 cm³/mol. The monoisotopic (exact) mass is 286 g/mol. The van der Waals surface area contributed by atoms with Gasteiger partial charge in [0, 0.05) is 25.7 Å². The van der Waals surface area contributed by atoms with Gasteiger partial charge >= 0.3 is 0 Å². The highest BCUT2D eigenvalue weighted by molar-refractivity contribution is 7.89. The van der Waals surface area contributed by atoms with Crippen LogP contribution in [0.15, 0.2) is 11.2 Å². The first-order valence-electron chi connectivity index (χ1n) is 6.66. The van der Waals surface area contributed by atoms with Gasteiger partial charge in [-0.3, -0.25) is 5.10 Å². The van der Waals surface area contributed by atoms with E-state index in [2.05, 4.69) is 22.4 Å². The minimum absolute atomic E-state index is 0.212. The van der Waals surface area contributed by atoms with E-state index in [-0.39, 0.29) is 5.03 Å². The lowest BCUT2D eigenvalue weighted by atomic mass is 10.3. The van der Waals surface area contributed by atoms with Gasteiger partial charge in [0.15, 0.2) is 5.03 Å². The van der Waals surface area contributed by atoms with Crippen LogP contribution in [0.2, 0.25) is 0 Å². The molecule has 0 aromatic carbocycles. The molecule has 2 rings (SSSR count). The van der Waals surface area contributed by atoms with E-state index in [1.165, 1.54) is 4.31 Å². The number of rotatable bonds is 7. The Hall–Kier alpha value is -0.920. The van der Waals surface area contributed by atoms with Crippen molar-refractivity contribution in [2.75, 3.05) is 20.1 Å². The summed E-state index contributed by atoms with van der Waals surface area (Å²) in [7, 11) is -1.82. The highest BCUT2D eigenvalue weighted by Crippen LogP contribution is 2.38. The molecule has 108 valence electrons. The van der Waals surface area contributed by atoms with Crippen LogP contribution in [-0.2, 0) is 16.6 Å². The normalized spacial score (nSPS) is 22.9. The molecule has 0 radical (unpaired) electrons. The molecule has 0 amide bonds. The molecule has 1 aromatic rings. The maximum atomic E-state index is 12.5. The minimum atomic E-state index is -3.46. The molecule has 1 aliphatic carbocycles. The Kier molecular flexibility index (Phi) is 4.27. The van der Waals surface area contributed by atoms with Gasteiger partial charge in [0.2, 0.25) is 0 Å². The number of nitrogens with zero attached hydrogens (tertiary/aromatic N) is 2. The first-order chi connectivity index (χ1) is 8.96. The molecular formula is C12H22N4O2S. The fourth-order valence-corrected chi connectivity index (χ4v) is 3.47. The molecule has 2 unspecified atom stereocenters. The Morgan fingerprint density at radius 2 is 2.26 bits per heavy atom. The third-order valence-electron chi connectivity index (χ3n) is 3.68. The quantitative estimate of drug-likeness (QED) is 0.777. The molecule has 6 nitrogen and oxygen atoms in total. The lowest BCUT2D eigenvalue weighted by Crippen LogP contribution is -2.30. The molecule has 2 atom stereocenters. The maximum absolute atomic E-state index is 12.5. The van der Waals surface area contributed by atoms with Gasteiger partial charge in [-0.05, 0) is 24.8 Å². The maximum Gasteiger partial charge on any atom is 0.260 e. The summed E-state index contributed by atoms with van der Waals surface area (Å²) in [5, 5.41) is 9.82.